The lowest BCUT2D eigenvalue weighted by Crippen LogP contribution is -2.41. The molecule has 0 aliphatic carbocycles. The van der Waals surface area contributed by atoms with Crippen LogP contribution in [0.1, 0.15) is 29.5 Å². The van der Waals surface area contributed by atoms with E-state index in [-0.39, 0.29) is 25.2 Å². The van der Waals surface area contributed by atoms with Crippen molar-refractivity contribution in [1.29, 1.82) is 0 Å². The fraction of sp³-hybridized carbons (Fsp3) is 0.333. The monoisotopic (exact) mass is 486 g/mol. The van der Waals surface area contributed by atoms with Crippen LogP contribution >= 0.6 is 11.6 Å². The fourth-order valence-corrected chi connectivity index (χ4v) is 3.44. The molecule has 1 aliphatic heterocycles. The molecule has 34 heavy (non-hydrogen) atoms. The van der Waals surface area contributed by atoms with E-state index < -0.39 is 11.8 Å². The van der Waals surface area contributed by atoms with Crippen molar-refractivity contribution in [3.63, 3.8) is 0 Å². The minimum Gasteiger partial charge on any atom is -0.483 e. The highest BCUT2D eigenvalue weighted by atomic mass is 35.5. The standard InChI is InChI=1S/C24H27ClN4O5/c1-15-5-6-16(2)20(10-15)28-22(30)14-34-21-8-7-18(25)11-17(21)12-27-29-24(32)23(31)26-13-19-4-3-9-33-19/h5-8,10-12,19H,3-4,9,13-14H2,1-2H3,(H,26,31)(H,28,30)(H,29,32)/b27-12-/t19-/m0/s1. The van der Waals surface area contributed by atoms with E-state index in [0.717, 1.165) is 24.0 Å². The highest BCUT2D eigenvalue weighted by Crippen LogP contribution is 2.22. The maximum absolute atomic E-state index is 12.4. The number of anilines is 1. The van der Waals surface area contributed by atoms with Gasteiger partial charge in [0.05, 0.1) is 12.3 Å². The molecule has 2 aromatic rings. The van der Waals surface area contributed by atoms with Crippen molar-refractivity contribution in [2.75, 3.05) is 25.1 Å². The topological polar surface area (TPSA) is 118 Å². The third-order valence-corrected chi connectivity index (χ3v) is 5.32. The number of ether oxygens (including phenoxy) is 2. The van der Waals surface area contributed by atoms with E-state index in [4.69, 9.17) is 21.1 Å². The van der Waals surface area contributed by atoms with Crippen LogP contribution < -0.4 is 20.8 Å². The SMILES string of the molecule is Cc1ccc(C)c(NC(=O)COc2ccc(Cl)cc2/C=N\NC(=O)C(=O)NC[C@@H]2CCCO2)c1. The summed E-state index contributed by atoms with van der Waals surface area (Å²) in [4.78, 5) is 36.2. The van der Waals surface area contributed by atoms with Gasteiger partial charge in [-0.3, -0.25) is 14.4 Å². The van der Waals surface area contributed by atoms with E-state index in [1.807, 2.05) is 32.0 Å². The van der Waals surface area contributed by atoms with Gasteiger partial charge in [0.15, 0.2) is 6.61 Å². The molecule has 3 amide bonds. The molecule has 10 heteroatoms. The predicted octanol–water partition coefficient (Wildman–Crippen LogP) is 2.72. The first-order valence-corrected chi connectivity index (χ1v) is 11.2. The quantitative estimate of drug-likeness (QED) is 0.301. The largest absolute Gasteiger partial charge is 0.483 e. The highest BCUT2D eigenvalue weighted by molar-refractivity contribution is 6.35. The first-order chi connectivity index (χ1) is 16.3. The Labute approximate surface area is 202 Å². The number of hydrogen-bond acceptors (Lipinski definition) is 6. The molecule has 0 spiro atoms. The smallest absolute Gasteiger partial charge is 0.329 e. The Bertz CT molecular complexity index is 1080. The van der Waals surface area contributed by atoms with Crippen LogP contribution in [-0.2, 0) is 19.1 Å². The molecule has 0 radical (unpaired) electrons. The van der Waals surface area contributed by atoms with Crippen molar-refractivity contribution < 1.29 is 23.9 Å². The number of halogens is 1. The summed E-state index contributed by atoms with van der Waals surface area (Å²) in [6.07, 6.45) is 3.00. The first-order valence-electron chi connectivity index (χ1n) is 10.8. The zero-order valence-corrected chi connectivity index (χ0v) is 19.8. The van der Waals surface area contributed by atoms with Crippen LogP contribution in [0.5, 0.6) is 5.75 Å². The van der Waals surface area contributed by atoms with Crippen LogP contribution in [0.4, 0.5) is 5.69 Å². The summed E-state index contributed by atoms with van der Waals surface area (Å²) in [6, 6.07) is 10.5. The van der Waals surface area contributed by atoms with Gasteiger partial charge in [0.25, 0.3) is 5.91 Å². The zero-order chi connectivity index (χ0) is 24.5. The lowest BCUT2D eigenvalue weighted by Gasteiger charge is -2.12. The lowest BCUT2D eigenvalue weighted by molar-refractivity contribution is -0.139. The van der Waals surface area contributed by atoms with Gasteiger partial charge in [-0.1, -0.05) is 23.7 Å². The molecule has 180 valence electrons. The van der Waals surface area contributed by atoms with Crippen LogP contribution in [0, 0.1) is 13.8 Å². The van der Waals surface area contributed by atoms with Crippen LogP contribution in [0.2, 0.25) is 5.02 Å². The summed E-state index contributed by atoms with van der Waals surface area (Å²) in [5, 5.41) is 9.55. The van der Waals surface area contributed by atoms with Gasteiger partial charge in [0, 0.05) is 29.4 Å². The average molecular weight is 487 g/mol. The molecule has 3 N–H and O–H groups in total. The molecule has 0 aromatic heterocycles. The molecule has 2 aromatic carbocycles. The molecule has 1 aliphatic rings. The van der Waals surface area contributed by atoms with Crippen molar-refractivity contribution in [3.8, 4) is 5.75 Å². The van der Waals surface area contributed by atoms with Crippen LogP contribution in [-0.4, -0.2) is 49.8 Å². The Morgan fingerprint density at radius 1 is 1.18 bits per heavy atom. The Hall–Kier alpha value is -3.43. The van der Waals surface area contributed by atoms with Gasteiger partial charge in [0.1, 0.15) is 5.75 Å². The average Bonchev–Trinajstić information content (AvgIpc) is 3.33. The Kier molecular flexibility index (Phi) is 9.00. The van der Waals surface area contributed by atoms with E-state index in [1.54, 1.807) is 18.2 Å². The van der Waals surface area contributed by atoms with E-state index in [9.17, 15) is 14.4 Å². The molecule has 0 bridgehead atoms. The van der Waals surface area contributed by atoms with Gasteiger partial charge in [-0.2, -0.15) is 5.10 Å². The number of rotatable bonds is 8. The Morgan fingerprint density at radius 2 is 2.00 bits per heavy atom. The molecule has 1 atom stereocenters. The fourth-order valence-electron chi connectivity index (χ4n) is 3.26. The summed E-state index contributed by atoms with van der Waals surface area (Å²) in [6.45, 7) is 4.53. The Morgan fingerprint density at radius 3 is 2.76 bits per heavy atom. The number of nitrogens with one attached hydrogen (secondary N) is 3. The minimum absolute atomic E-state index is 0.0709. The number of aryl methyl sites for hydroxylation is 2. The maximum Gasteiger partial charge on any atom is 0.329 e. The normalized spacial score (nSPS) is 15.2. The molecular formula is C24H27ClN4O5. The first kappa shape index (κ1) is 25.2. The summed E-state index contributed by atoms with van der Waals surface area (Å²) < 4.78 is 11.0. The highest BCUT2D eigenvalue weighted by Gasteiger charge is 2.19. The van der Waals surface area contributed by atoms with E-state index >= 15 is 0 Å². The second-order valence-corrected chi connectivity index (χ2v) is 8.32. The second kappa shape index (κ2) is 12.2. The number of hydrogen-bond donors (Lipinski definition) is 3. The molecular weight excluding hydrogens is 460 g/mol. The van der Waals surface area contributed by atoms with Crippen LogP contribution in [0.3, 0.4) is 0 Å². The lowest BCUT2D eigenvalue weighted by atomic mass is 10.1. The van der Waals surface area contributed by atoms with Gasteiger partial charge in [-0.25, -0.2) is 5.43 Å². The molecule has 1 fully saturated rings. The van der Waals surface area contributed by atoms with Crippen molar-refractivity contribution in [1.82, 2.24) is 10.7 Å². The summed E-state index contributed by atoms with van der Waals surface area (Å²) in [5.74, 6) is -1.71. The Balaban J connectivity index is 1.53. The van der Waals surface area contributed by atoms with Gasteiger partial charge < -0.3 is 20.1 Å². The zero-order valence-electron chi connectivity index (χ0n) is 19.0. The number of hydrazone groups is 1. The molecule has 1 saturated heterocycles. The summed E-state index contributed by atoms with van der Waals surface area (Å²) >= 11 is 6.05. The van der Waals surface area contributed by atoms with E-state index in [0.29, 0.717) is 28.6 Å². The molecule has 9 nitrogen and oxygen atoms in total. The number of carbonyl (C=O) groups excluding carboxylic acids is 3. The van der Waals surface area contributed by atoms with Gasteiger partial charge in [-0.15, -0.1) is 0 Å². The molecule has 0 unspecified atom stereocenters. The van der Waals surface area contributed by atoms with Crippen molar-refractivity contribution in [2.45, 2.75) is 32.8 Å². The summed E-state index contributed by atoms with van der Waals surface area (Å²) in [5.41, 5.74) is 5.27. The van der Waals surface area contributed by atoms with E-state index in [2.05, 4.69) is 21.2 Å². The number of amides is 3. The van der Waals surface area contributed by atoms with Crippen LogP contribution in [0.15, 0.2) is 41.5 Å². The third-order valence-electron chi connectivity index (χ3n) is 5.09. The van der Waals surface area contributed by atoms with Gasteiger partial charge in [-0.05, 0) is 62.1 Å². The van der Waals surface area contributed by atoms with E-state index in [1.165, 1.54) is 6.21 Å². The molecule has 0 saturated carbocycles. The van der Waals surface area contributed by atoms with Crippen LogP contribution in [0.25, 0.3) is 0 Å². The van der Waals surface area contributed by atoms with Crippen molar-refractivity contribution >= 4 is 41.2 Å². The number of benzene rings is 2. The summed E-state index contributed by atoms with van der Waals surface area (Å²) in [7, 11) is 0. The van der Waals surface area contributed by atoms with Crippen molar-refractivity contribution in [2.24, 2.45) is 5.10 Å². The minimum atomic E-state index is -0.911. The molecule has 3 rings (SSSR count). The number of nitrogens with zero attached hydrogens (tertiary/aromatic N) is 1. The van der Waals surface area contributed by atoms with Gasteiger partial charge in [0.2, 0.25) is 0 Å². The van der Waals surface area contributed by atoms with Gasteiger partial charge >= 0.3 is 11.8 Å². The number of carbonyl (C=O) groups is 3. The predicted molar refractivity (Wildman–Crippen MR) is 129 cm³/mol. The van der Waals surface area contributed by atoms with Crippen molar-refractivity contribution in [3.05, 3.63) is 58.1 Å². The molecule has 1 heterocycles. The second-order valence-electron chi connectivity index (χ2n) is 7.88. The maximum atomic E-state index is 12.4. The third kappa shape index (κ3) is 7.57.